The van der Waals surface area contributed by atoms with E-state index in [-0.39, 0.29) is 6.09 Å². The first-order valence-electron chi connectivity index (χ1n) is 8.09. The number of likely N-dealkylation sites (tertiary alicyclic amines) is 1. The lowest BCUT2D eigenvalue weighted by atomic mass is 10.00. The van der Waals surface area contributed by atoms with Gasteiger partial charge in [0.25, 0.3) is 0 Å². The van der Waals surface area contributed by atoms with Crippen molar-refractivity contribution in [2.75, 3.05) is 52.4 Å². The van der Waals surface area contributed by atoms with Crippen molar-refractivity contribution in [3.8, 4) is 0 Å². The van der Waals surface area contributed by atoms with Gasteiger partial charge in [0.05, 0.1) is 0 Å². The van der Waals surface area contributed by atoms with Crippen LogP contribution >= 0.6 is 0 Å². The summed E-state index contributed by atoms with van der Waals surface area (Å²) in [5.74, 6) is 0. The number of rotatable bonds is 2. The van der Waals surface area contributed by atoms with Crippen molar-refractivity contribution >= 4 is 6.09 Å². The molecule has 0 saturated carbocycles. The summed E-state index contributed by atoms with van der Waals surface area (Å²) in [5.41, 5.74) is -0.403. The van der Waals surface area contributed by atoms with Gasteiger partial charge in [-0.1, -0.05) is 0 Å². The van der Waals surface area contributed by atoms with E-state index in [0.717, 1.165) is 45.3 Å². The highest BCUT2D eigenvalue weighted by Crippen LogP contribution is 2.21. The van der Waals surface area contributed by atoms with Gasteiger partial charge in [0.1, 0.15) is 5.60 Å². The normalized spacial score (nSPS) is 26.3. The van der Waals surface area contributed by atoms with E-state index < -0.39 is 5.60 Å². The molecule has 1 N–H and O–H groups in total. The molecule has 0 aromatic carbocycles. The van der Waals surface area contributed by atoms with Crippen LogP contribution in [0.1, 0.15) is 20.8 Å². The summed E-state index contributed by atoms with van der Waals surface area (Å²) < 4.78 is 5.44. The summed E-state index contributed by atoms with van der Waals surface area (Å²) in [6.07, 6.45) is -0.169. The number of nitrogens with one attached hydrogen (secondary N) is 1. The molecule has 6 heteroatoms. The molecule has 21 heavy (non-hydrogen) atoms. The minimum absolute atomic E-state index is 0.169. The number of carbonyl (C=O) groups is 1. The monoisotopic (exact) mass is 296 g/mol. The lowest BCUT2D eigenvalue weighted by Gasteiger charge is -2.52. The Kier molecular flexibility index (Phi) is 4.12. The standard InChI is InChI=1S/C15H28N4O2/c1-15(2,3)21-14(20)18-6-4-17(5-7-18)13-10-19(11-13)12-8-16-9-12/h12-13,16H,4-11H2,1-3H3. The Morgan fingerprint density at radius 1 is 1.00 bits per heavy atom. The van der Waals surface area contributed by atoms with Crippen molar-refractivity contribution in [1.29, 1.82) is 0 Å². The number of amides is 1. The van der Waals surface area contributed by atoms with Crippen LogP contribution in [-0.4, -0.2) is 90.8 Å². The Bertz CT molecular complexity index is 378. The summed E-state index contributed by atoms with van der Waals surface area (Å²) in [5, 5.41) is 3.33. The molecule has 3 aliphatic rings. The molecule has 0 bridgehead atoms. The Hall–Kier alpha value is -0.850. The predicted molar refractivity (Wildman–Crippen MR) is 81.4 cm³/mol. The molecule has 3 saturated heterocycles. The predicted octanol–water partition coefficient (Wildman–Crippen LogP) is 0.195. The summed E-state index contributed by atoms with van der Waals surface area (Å²) in [7, 11) is 0. The van der Waals surface area contributed by atoms with Gasteiger partial charge < -0.3 is 15.0 Å². The molecule has 0 aromatic rings. The van der Waals surface area contributed by atoms with Crippen molar-refractivity contribution in [2.24, 2.45) is 0 Å². The van der Waals surface area contributed by atoms with E-state index in [1.54, 1.807) is 0 Å². The van der Waals surface area contributed by atoms with E-state index in [0.29, 0.717) is 6.04 Å². The molecule has 0 radical (unpaired) electrons. The number of piperazine rings is 1. The molecule has 3 heterocycles. The highest BCUT2D eigenvalue weighted by molar-refractivity contribution is 5.68. The van der Waals surface area contributed by atoms with Crippen LogP contribution in [0.5, 0.6) is 0 Å². The van der Waals surface area contributed by atoms with Gasteiger partial charge in [-0.3, -0.25) is 9.80 Å². The SMILES string of the molecule is CC(C)(C)OC(=O)N1CCN(C2CN(C3CNC3)C2)CC1. The van der Waals surface area contributed by atoms with Gasteiger partial charge in [0.2, 0.25) is 0 Å². The fourth-order valence-electron chi connectivity index (χ4n) is 3.14. The summed E-state index contributed by atoms with van der Waals surface area (Å²) >= 11 is 0. The average Bonchev–Trinajstić information content (AvgIpc) is 2.29. The maximum Gasteiger partial charge on any atom is 0.410 e. The summed E-state index contributed by atoms with van der Waals surface area (Å²) in [6.45, 7) is 14.0. The first kappa shape index (κ1) is 15.1. The van der Waals surface area contributed by atoms with Crippen molar-refractivity contribution in [2.45, 2.75) is 38.5 Å². The molecule has 0 unspecified atom stereocenters. The quantitative estimate of drug-likeness (QED) is 0.788. The molecule has 1 amide bonds. The molecule has 120 valence electrons. The van der Waals surface area contributed by atoms with Crippen LogP contribution in [-0.2, 0) is 4.74 Å². The second-order valence-electron chi connectivity index (χ2n) is 7.42. The third-order valence-electron chi connectivity index (χ3n) is 4.65. The van der Waals surface area contributed by atoms with E-state index in [1.165, 1.54) is 13.1 Å². The second-order valence-corrected chi connectivity index (χ2v) is 7.42. The first-order chi connectivity index (χ1) is 9.92. The third kappa shape index (κ3) is 3.49. The van der Waals surface area contributed by atoms with Gasteiger partial charge >= 0.3 is 6.09 Å². The van der Waals surface area contributed by atoms with Gasteiger partial charge in [-0.2, -0.15) is 0 Å². The fourth-order valence-corrected chi connectivity index (χ4v) is 3.14. The molecular formula is C15H28N4O2. The minimum Gasteiger partial charge on any atom is -0.444 e. The highest BCUT2D eigenvalue weighted by atomic mass is 16.6. The number of ether oxygens (including phenoxy) is 1. The van der Waals surface area contributed by atoms with Gasteiger partial charge in [-0.05, 0) is 20.8 Å². The lowest BCUT2D eigenvalue weighted by Crippen LogP contribution is -2.70. The van der Waals surface area contributed by atoms with Gasteiger partial charge in [0.15, 0.2) is 0 Å². The number of hydrogen-bond donors (Lipinski definition) is 1. The van der Waals surface area contributed by atoms with Crippen LogP contribution in [0.2, 0.25) is 0 Å². The smallest absolute Gasteiger partial charge is 0.410 e. The maximum atomic E-state index is 12.0. The Labute approximate surface area is 127 Å². The summed E-state index contributed by atoms with van der Waals surface area (Å²) in [6, 6.07) is 1.45. The first-order valence-corrected chi connectivity index (χ1v) is 8.09. The van der Waals surface area contributed by atoms with Crippen molar-refractivity contribution < 1.29 is 9.53 Å². The van der Waals surface area contributed by atoms with E-state index >= 15 is 0 Å². The minimum atomic E-state index is -0.403. The van der Waals surface area contributed by atoms with E-state index in [1.807, 2.05) is 25.7 Å². The van der Waals surface area contributed by atoms with E-state index in [9.17, 15) is 4.79 Å². The Balaban J connectivity index is 1.38. The largest absolute Gasteiger partial charge is 0.444 e. The second kappa shape index (κ2) is 5.74. The molecule has 0 aromatic heterocycles. The zero-order valence-electron chi connectivity index (χ0n) is 13.5. The van der Waals surface area contributed by atoms with E-state index in [2.05, 4.69) is 15.1 Å². The zero-order chi connectivity index (χ0) is 15.0. The summed E-state index contributed by atoms with van der Waals surface area (Å²) in [4.78, 5) is 19.0. The van der Waals surface area contributed by atoms with Crippen LogP contribution in [0.25, 0.3) is 0 Å². The van der Waals surface area contributed by atoms with Crippen LogP contribution in [0.3, 0.4) is 0 Å². The van der Waals surface area contributed by atoms with Crippen LogP contribution in [0, 0.1) is 0 Å². The molecular weight excluding hydrogens is 268 g/mol. The van der Waals surface area contributed by atoms with Crippen LogP contribution < -0.4 is 5.32 Å². The molecule has 3 rings (SSSR count). The number of nitrogens with zero attached hydrogens (tertiary/aromatic N) is 3. The molecule has 3 fully saturated rings. The average molecular weight is 296 g/mol. The number of hydrogen-bond acceptors (Lipinski definition) is 5. The molecule has 0 spiro atoms. The molecule has 0 atom stereocenters. The van der Waals surface area contributed by atoms with Crippen molar-refractivity contribution in [3.05, 3.63) is 0 Å². The fraction of sp³-hybridized carbons (Fsp3) is 0.933. The maximum absolute atomic E-state index is 12.0. The molecule has 0 aliphatic carbocycles. The Morgan fingerprint density at radius 2 is 1.62 bits per heavy atom. The topological polar surface area (TPSA) is 48.1 Å². The van der Waals surface area contributed by atoms with Gasteiger partial charge in [-0.25, -0.2) is 4.79 Å². The highest BCUT2D eigenvalue weighted by Gasteiger charge is 2.39. The van der Waals surface area contributed by atoms with Crippen LogP contribution in [0.15, 0.2) is 0 Å². The molecule has 3 aliphatic heterocycles. The van der Waals surface area contributed by atoms with Crippen molar-refractivity contribution in [1.82, 2.24) is 20.0 Å². The Morgan fingerprint density at radius 3 is 2.10 bits per heavy atom. The van der Waals surface area contributed by atoms with Crippen LogP contribution in [0.4, 0.5) is 4.79 Å². The van der Waals surface area contributed by atoms with Gasteiger partial charge in [-0.15, -0.1) is 0 Å². The third-order valence-corrected chi connectivity index (χ3v) is 4.65. The van der Waals surface area contributed by atoms with E-state index in [4.69, 9.17) is 4.74 Å². The lowest BCUT2D eigenvalue weighted by molar-refractivity contribution is -0.0331. The van der Waals surface area contributed by atoms with Crippen molar-refractivity contribution in [3.63, 3.8) is 0 Å². The number of carbonyl (C=O) groups excluding carboxylic acids is 1. The molecule has 6 nitrogen and oxygen atoms in total. The van der Waals surface area contributed by atoms with Gasteiger partial charge in [0, 0.05) is 64.4 Å². The zero-order valence-corrected chi connectivity index (χ0v) is 13.5.